The smallest absolute Gasteiger partial charge is 0.339 e. The number of carbonyl (C=O) groups excluding carboxylic acids is 1. The zero-order valence-electron chi connectivity index (χ0n) is 11.8. The van der Waals surface area contributed by atoms with Gasteiger partial charge in [0.2, 0.25) is 0 Å². The molecular formula is C15H19NO4. The third-order valence-electron chi connectivity index (χ3n) is 3.43. The van der Waals surface area contributed by atoms with Crippen molar-refractivity contribution in [3.63, 3.8) is 0 Å². The Bertz CT molecular complexity index is 523. The van der Waals surface area contributed by atoms with Crippen LogP contribution in [0.5, 0.6) is 5.75 Å². The van der Waals surface area contributed by atoms with Gasteiger partial charge in [0.25, 0.3) is 5.91 Å². The number of nitrogens with zero attached hydrogens (tertiary/aromatic N) is 1. The number of hydrogen-bond donors (Lipinski definition) is 1. The summed E-state index contributed by atoms with van der Waals surface area (Å²) in [7, 11) is 0. The molecule has 1 N–H and O–H groups in total. The van der Waals surface area contributed by atoms with Crippen LogP contribution in [0.3, 0.4) is 0 Å². The van der Waals surface area contributed by atoms with Crippen LogP contribution in [0, 0.1) is 6.92 Å². The fourth-order valence-electron chi connectivity index (χ4n) is 2.25. The van der Waals surface area contributed by atoms with Gasteiger partial charge >= 0.3 is 5.97 Å². The number of carboxylic acid groups (broad SMARTS) is 1. The fourth-order valence-corrected chi connectivity index (χ4v) is 2.25. The van der Waals surface area contributed by atoms with E-state index in [1.54, 1.807) is 24.0 Å². The second-order valence-corrected chi connectivity index (χ2v) is 4.96. The van der Waals surface area contributed by atoms with Gasteiger partial charge in [-0.3, -0.25) is 4.79 Å². The summed E-state index contributed by atoms with van der Waals surface area (Å²) in [6.45, 7) is 4.25. The summed E-state index contributed by atoms with van der Waals surface area (Å²) in [4.78, 5) is 25.0. The third-order valence-corrected chi connectivity index (χ3v) is 3.43. The van der Waals surface area contributed by atoms with Gasteiger partial charge in [0.05, 0.1) is 0 Å². The van der Waals surface area contributed by atoms with E-state index in [9.17, 15) is 9.59 Å². The monoisotopic (exact) mass is 277 g/mol. The molecule has 0 unspecified atom stereocenters. The average molecular weight is 277 g/mol. The molecular weight excluding hydrogens is 258 g/mol. The third kappa shape index (κ3) is 3.10. The van der Waals surface area contributed by atoms with E-state index in [0.29, 0.717) is 18.2 Å². The first-order valence-electron chi connectivity index (χ1n) is 6.79. The number of para-hydroxylation sites is 1. The van der Waals surface area contributed by atoms with Crippen LogP contribution in [0.25, 0.3) is 0 Å². The zero-order valence-corrected chi connectivity index (χ0v) is 11.8. The van der Waals surface area contributed by atoms with Crippen molar-refractivity contribution in [3.8, 4) is 5.75 Å². The van der Waals surface area contributed by atoms with Gasteiger partial charge in [0, 0.05) is 12.6 Å². The van der Waals surface area contributed by atoms with Gasteiger partial charge in [-0.2, -0.15) is 0 Å². The van der Waals surface area contributed by atoms with E-state index in [0.717, 1.165) is 12.8 Å². The maximum atomic E-state index is 12.1. The first-order chi connectivity index (χ1) is 9.54. The van der Waals surface area contributed by atoms with Gasteiger partial charge in [0.15, 0.2) is 6.61 Å². The van der Waals surface area contributed by atoms with E-state index < -0.39 is 5.97 Å². The standard InChI is InChI=1S/C15H19NO4/c1-3-16(11-7-8-11)13(17)9-20-14-10(2)5-4-6-12(14)15(18)19/h4-6,11H,3,7-9H2,1-2H3,(H,18,19). The molecule has 1 saturated carbocycles. The van der Waals surface area contributed by atoms with Gasteiger partial charge in [-0.25, -0.2) is 4.79 Å². The Morgan fingerprint density at radius 3 is 2.65 bits per heavy atom. The van der Waals surface area contributed by atoms with Crippen LogP contribution >= 0.6 is 0 Å². The Kier molecular flexibility index (Phi) is 4.27. The maximum Gasteiger partial charge on any atom is 0.339 e. The molecule has 0 atom stereocenters. The SMILES string of the molecule is CCN(C(=O)COc1c(C)cccc1C(=O)O)C1CC1. The van der Waals surface area contributed by atoms with Crippen LogP contribution < -0.4 is 4.74 Å². The van der Waals surface area contributed by atoms with Crippen LogP contribution in [0.2, 0.25) is 0 Å². The molecule has 5 heteroatoms. The van der Waals surface area contributed by atoms with Crippen LogP contribution in [-0.4, -0.2) is 41.1 Å². The minimum atomic E-state index is -1.05. The Balaban J connectivity index is 2.06. The topological polar surface area (TPSA) is 66.8 Å². The molecule has 20 heavy (non-hydrogen) atoms. The second-order valence-electron chi connectivity index (χ2n) is 4.96. The summed E-state index contributed by atoms with van der Waals surface area (Å²) in [6, 6.07) is 5.25. The van der Waals surface area contributed by atoms with Crippen molar-refractivity contribution in [2.45, 2.75) is 32.7 Å². The number of carboxylic acids is 1. The molecule has 1 aliphatic rings. The molecule has 1 fully saturated rings. The summed E-state index contributed by atoms with van der Waals surface area (Å²) < 4.78 is 5.48. The Morgan fingerprint density at radius 1 is 1.40 bits per heavy atom. The van der Waals surface area contributed by atoms with Crippen molar-refractivity contribution < 1.29 is 19.4 Å². The molecule has 0 bridgehead atoms. The van der Waals surface area contributed by atoms with E-state index in [1.807, 2.05) is 6.92 Å². The number of aryl methyl sites for hydroxylation is 1. The van der Waals surface area contributed by atoms with Gasteiger partial charge < -0.3 is 14.7 Å². The summed E-state index contributed by atoms with van der Waals surface area (Å²) in [5, 5.41) is 9.13. The first-order valence-corrected chi connectivity index (χ1v) is 6.79. The van der Waals surface area contributed by atoms with Crippen molar-refractivity contribution in [1.82, 2.24) is 4.90 Å². The lowest BCUT2D eigenvalue weighted by Crippen LogP contribution is -2.36. The molecule has 1 amide bonds. The van der Waals surface area contributed by atoms with E-state index >= 15 is 0 Å². The van der Waals surface area contributed by atoms with Crippen molar-refractivity contribution in [2.24, 2.45) is 0 Å². The lowest BCUT2D eigenvalue weighted by molar-refractivity contribution is -0.133. The molecule has 5 nitrogen and oxygen atoms in total. The van der Waals surface area contributed by atoms with E-state index in [-0.39, 0.29) is 23.8 Å². The van der Waals surface area contributed by atoms with Gasteiger partial charge in [-0.15, -0.1) is 0 Å². The molecule has 0 aromatic heterocycles. The summed E-state index contributed by atoms with van der Waals surface area (Å²) in [6.07, 6.45) is 2.09. The summed E-state index contributed by atoms with van der Waals surface area (Å²) >= 11 is 0. The Hall–Kier alpha value is -2.04. The van der Waals surface area contributed by atoms with Crippen LogP contribution in [0.1, 0.15) is 35.7 Å². The van der Waals surface area contributed by atoms with Crippen molar-refractivity contribution in [3.05, 3.63) is 29.3 Å². The van der Waals surface area contributed by atoms with Crippen molar-refractivity contribution >= 4 is 11.9 Å². The van der Waals surface area contributed by atoms with Gasteiger partial charge in [-0.1, -0.05) is 12.1 Å². The molecule has 0 radical (unpaired) electrons. The lowest BCUT2D eigenvalue weighted by atomic mass is 10.1. The number of likely N-dealkylation sites (N-methyl/N-ethyl adjacent to an activating group) is 1. The Morgan fingerprint density at radius 2 is 2.10 bits per heavy atom. The van der Waals surface area contributed by atoms with E-state index in [2.05, 4.69) is 0 Å². The molecule has 0 aliphatic heterocycles. The molecule has 1 aliphatic carbocycles. The quantitative estimate of drug-likeness (QED) is 0.864. The van der Waals surface area contributed by atoms with Crippen molar-refractivity contribution in [1.29, 1.82) is 0 Å². The predicted octanol–water partition coefficient (Wildman–Crippen LogP) is 2.08. The lowest BCUT2D eigenvalue weighted by Gasteiger charge is -2.21. The van der Waals surface area contributed by atoms with Gasteiger partial charge in [0.1, 0.15) is 11.3 Å². The molecule has 0 heterocycles. The molecule has 1 aromatic rings. The Labute approximate surface area is 118 Å². The average Bonchev–Trinajstić information content (AvgIpc) is 3.22. The number of aromatic carboxylic acids is 1. The summed E-state index contributed by atoms with van der Waals surface area (Å²) in [5.41, 5.74) is 0.805. The highest BCUT2D eigenvalue weighted by Gasteiger charge is 2.31. The van der Waals surface area contributed by atoms with Crippen LogP contribution in [0.15, 0.2) is 18.2 Å². The molecule has 108 valence electrons. The normalized spacial score (nSPS) is 13.9. The highest BCUT2D eigenvalue weighted by molar-refractivity contribution is 5.91. The van der Waals surface area contributed by atoms with Crippen LogP contribution in [0.4, 0.5) is 0 Å². The van der Waals surface area contributed by atoms with E-state index in [1.165, 1.54) is 6.07 Å². The number of rotatable bonds is 6. The highest BCUT2D eigenvalue weighted by Crippen LogP contribution is 2.27. The van der Waals surface area contributed by atoms with Crippen molar-refractivity contribution in [2.75, 3.05) is 13.2 Å². The van der Waals surface area contributed by atoms with E-state index in [4.69, 9.17) is 9.84 Å². The zero-order chi connectivity index (χ0) is 14.7. The van der Waals surface area contributed by atoms with Gasteiger partial charge in [-0.05, 0) is 38.3 Å². The minimum Gasteiger partial charge on any atom is -0.483 e. The predicted molar refractivity (Wildman–Crippen MR) is 74.0 cm³/mol. The maximum absolute atomic E-state index is 12.1. The first kappa shape index (κ1) is 14.4. The summed E-state index contributed by atoms with van der Waals surface area (Å²) in [5.74, 6) is -0.861. The fraction of sp³-hybridized carbons (Fsp3) is 0.467. The number of hydrogen-bond acceptors (Lipinski definition) is 3. The molecule has 1 aromatic carbocycles. The second kappa shape index (κ2) is 5.94. The van der Waals surface area contributed by atoms with Crippen LogP contribution in [-0.2, 0) is 4.79 Å². The number of benzene rings is 1. The molecule has 2 rings (SSSR count). The molecule has 0 saturated heterocycles. The minimum absolute atomic E-state index is 0.0883. The largest absolute Gasteiger partial charge is 0.483 e. The highest BCUT2D eigenvalue weighted by atomic mass is 16.5. The number of amides is 1. The molecule has 0 spiro atoms. The number of ether oxygens (including phenoxy) is 1. The number of carbonyl (C=O) groups is 2.